The van der Waals surface area contributed by atoms with E-state index in [1.807, 2.05) is 6.92 Å². The average Bonchev–Trinajstić information content (AvgIpc) is 2.27. The number of fused-ring (bicyclic) bond motifs is 1. The number of hydrogen-bond acceptors (Lipinski definition) is 2. The number of carbonyl (C=O) groups is 1. The molecule has 0 saturated carbocycles. The van der Waals surface area contributed by atoms with E-state index >= 15 is 0 Å². The molecule has 1 atom stereocenters. The van der Waals surface area contributed by atoms with Crippen LogP contribution >= 0.6 is 0 Å². The third-order valence-corrected chi connectivity index (χ3v) is 2.81. The molecule has 2 rings (SSSR count). The fraction of sp³-hybridized carbons (Fsp3) is 0.385. The van der Waals surface area contributed by atoms with Gasteiger partial charge in [-0.05, 0) is 12.5 Å². The third kappa shape index (κ3) is 2.44. The molecule has 18 heavy (non-hydrogen) atoms. The van der Waals surface area contributed by atoms with Crippen LogP contribution in [0.5, 0.6) is 0 Å². The Hall–Kier alpha value is -1.65. The van der Waals surface area contributed by atoms with Crippen molar-refractivity contribution in [1.82, 2.24) is 0 Å². The third-order valence-electron chi connectivity index (χ3n) is 2.81. The standard InChI is InChI=1S/C13H12F3NO/c1-2-3-9-7-12(18)10-5-4-8(13(14,15)16)6-11(10)17-9/h4-7,10H,2-3H2,1H3. The van der Waals surface area contributed by atoms with Gasteiger partial charge in [-0.3, -0.25) is 9.79 Å². The summed E-state index contributed by atoms with van der Waals surface area (Å²) >= 11 is 0. The summed E-state index contributed by atoms with van der Waals surface area (Å²) < 4.78 is 37.7. The van der Waals surface area contributed by atoms with Crippen LogP contribution in [0.4, 0.5) is 13.2 Å². The summed E-state index contributed by atoms with van der Waals surface area (Å²) in [5, 5.41) is 0. The summed E-state index contributed by atoms with van der Waals surface area (Å²) in [7, 11) is 0. The second-order valence-electron chi connectivity index (χ2n) is 4.26. The Balaban J connectivity index is 2.35. The van der Waals surface area contributed by atoms with Crippen molar-refractivity contribution in [2.24, 2.45) is 10.9 Å². The van der Waals surface area contributed by atoms with Gasteiger partial charge in [-0.1, -0.05) is 25.5 Å². The van der Waals surface area contributed by atoms with Crippen molar-refractivity contribution in [3.63, 3.8) is 0 Å². The van der Waals surface area contributed by atoms with Crippen LogP contribution in [0.3, 0.4) is 0 Å². The maximum atomic E-state index is 12.6. The van der Waals surface area contributed by atoms with E-state index in [0.717, 1.165) is 18.6 Å². The number of alkyl halides is 3. The van der Waals surface area contributed by atoms with E-state index in [4.69, 9.17) is 0 Å². The second kappa shape index (κ2) is 4.55. The summed E-state index contributed by atoms with van der Waals surface area (Å²) in [6.07, 6.45) is 1.59. The topological polar surface area (TPSA) is 29.4 Å². The smallest absolute Gasteiger partial charge is 0.294 e. The average molecular weight is 255 g/mol. The Bertz CT molecular complexity index is 495. The summed E-state index contributed by atoms with van der Waals surface area (Å²) in [6.45, 7) is 1.93. The van der Waals surface area contributed by atoms with Crippen LogP contribution in [0, 0.1) is 5.92 Å². The number of aliphatic imine (C=N–C) groups is 1. The quantitative estimate of drug-likeness (QED) is 0.743. The van der Waals surface area contributed by atoms with Gasteiger partial charge in [-0.2, -0.15) is 13.2 Å². The fourth-order valence-corrected chi connectivity index (χ4v) is 1.95. The SMILES string of the molecule is CCCC1=CC(=O)C2C=CC(C(F)(F)F)=CC2=N1. The molecule has 0 bridgehead atoms. The minimum atomic E-state index is -4.40. The number of nitrogens with zero attached hydrogens (tertiary/aromatic N) is 1. The van der Waals surface area contributed by atoms with E-state index in [9.17, 15) is 18.0 Å². The van der Waals surface area contributed by atoms with Crippen molar-refractivity contribution >= 4 is 11.5 Å². The molecule has 0 radical (unpaired) electrons. The highest BCUT2D eigenvalue weighted by atomic mass is 19.4. The van der Waals surface area contributed by atoms with Crippen LogP contribution in [-0.4, -0.2) is 17.7 Å². The number of hydrogen-bond donors (Lipinski definition) is 0. The van der Waals surface area contributed by atoms with Crippen LogP contribution < -0.4 is 0 Å². The fourth-order valence-electron chi connectivity index (χ4n) is 1.95. The molecule has 1 aliphatic carbocycles. The molecule has 96 valence electrons. The van der Waals surface area contributed by atoms with E-state index in [2.05, 4.69) is 4.99 Å². The number of ketones is 1. The van der Waals surface area contributed by atoms with Gasteiger partial charge in [0.15, 0.2) is 5.78 Å². The summed E-state index contributed by atoms with van der Waals surface area (Å²) in [5.74, 6) is -0.853. The molecule has 2 nitrogen and oxygen atoms in total. The minimum Gasteiger partial charge on any atom is -0.294 e. The number of rotatable bonds is 2. The Labute approximate surface area is 103 Å². The number of carbonyl (C=O) groups excluding carboxylic acids is 1. The normalized spacial score (nSPS) is 23.2. The Morgan fingerprint density at radius 1 is 1.33 bits per heavy atom. The summed E-state index contributed by atoms with van der Waals surface area (Å²) in [6, 6.07) is 0. The van der Waals surface area contributed by atoms with Gasteiger partial charge in [0.05, 0.1) is 17.2 Å². The first kappa shape index (κ1) is 12.8. The first-order chi connectivity index (χ1) is 8.41. The first-order valence-electron chi connectivity index (χ1n) is 5.72. The van der Waals surface area contributed by atoms with E-state index in [1.54, 1.807) is 0 Å². The van der Waals surface area contributed by atoms with Gasteiger partial charge in [-0.25, -0.2) is 0 Å². The van der Waals surface area contributed by atoms with Crippen molar-refractivity contribution < 1.29 is 18.0 Å². The molecule has 0 aromatic carbocycles. The van der Waals surface area contributed by atoms with Gasteiger partial charge < -0.3 is 0 Å². The molecule has 0 aromatic heterocycles. The monoisotopic (exact) mass is 255 g/mol. The van der Waals surface area contributed by atoms with Gasteiger partial charge >= 0.3 is 6.18 Å². The van der Waals surface area contributed by atoms with E-state index < -0.39 is 17.7 Å². The molecule has 1 unspecified atom stereocenters. The molecule has 0 fully saturated rings. The molecule has 0 saturated heterocycles. The van der Waals surface area contributed by atoms with Crippen molar-refractivity contribution in [2.75, 3.05) is 0 Å². The van der Waals surface area contributed by atoms with Gasteiger partial charge in [0.1, 0.15) is 0 Å². The number of halogens is 3. The lowest BCUT2D eigenvalue weighted by atomic mass is 9.88. The lowest BCUT2D eigenvalue weighted by molar-refractivity contribution is -0.115. The second-order valence-corrected chi connectivity index (χ2v) is 4.26. The van der Waals surface area contributed by atoms with Crippen LogP contribution in [0.1, 0.15) is 19.8 Å². The van der Waals surface area contributed by atoms with Crippen molar-refractivity contribution in [2.45, 2.75) is 25.9 Å². The summed E-state index contributed by atoms with van der Waals surface area (Å²) in [4.78, 5) is 15.9. The van der Waals surface area contributed by atoms with E-state index in [0.29, 0.717) is 12.1 Å². The van der Waals surface area contributed by atoms with Gasteiger partial charge in [0.25, 0.3) is 0 Å². The highest BCUT2D eigenvalue weighted by Crippen LogP contribution is 2.32. The lowest BCUT2D eigenvalue weighted by Gasteiger charge is -2.21. The molecule has 5 heteroatoms. The highest BCUT2D eigenvalue weighted by molar-refractivity contribution is 6.18. The molecule has 0 spiro atoms. The van der Waals surface area contributed by atoms with Crippen LogP contribution in [0.25, 0.3) is 0 Å². The van der Waals surface area contributed by atoms with Crippen LogP contribution in [0.2, 0.25) is 0 Å². The minimum absolute atomic E-state index is 0.195. The van der Waals surface area contributed by atoms with Gasteiger partial charge in [0, 0.05) is 11.8 Å². The molecular formula is C13H12F3NO. The molecule has 0 N–H and O–H groups in total. The molecule has 2 aliphatic rings. The van der Waals surface area contributed by atoms with Crippen molar-refractivity contribution in [3.05, 3.63) is 35.6 Å². The highest BCUT2D eigenvalue weighted by Gasteiger charge is 2.36. The Kier molecular flexibility index (Phi) is 3.24. The Morgan fingerprint density at radius 3 is 2.67 bits per heavy atom. The van der Waals surface area contributed by atoms with Gasteiger partial charge in [-0.15, -0.1) is 0 Å². The maximum Gasteiger partial charge on any atom is 0.416 e. The molecule has 0 aromatic rings. The summed E-state index contributed by atoms with van der Waals surface area (Å²) in [5.41, 5.74) is -0.00866. The zero-order valence-electron chi connectivity index (χ0n) is 9.79. The zero-order chi connectivity index (χ0) is 13.3. The molecular weight excluding hydrogens is 243 g/mol. The van der Waals surface area contributed by atoms with E-state index in [1.165, 1.54) is 12.2 Å². The van der Waals surface area contributed by atoms with Crippen LogP contribution in [0.15, 0.2) is 40.6 Å². The van der Waals surface area contributed by atoms with Crippen molar-refractivity contribution in [3.8, 4) is 0 Å². The zero-order valence-corrected chi connectivity index (χ0v) is 9.79. The molecule has 0 amide bonds. The number of allylic oxidation sites excluding steroid dienone is 6. The Morgan fingerprint density at radius 2 is 2.06 bits per heavy atom. The largest absolute Gasteiger partial charge is 0.416 e. The maximum absolute atomic E-state index is 12.6. The lowest BCUT2D eigenvalue weighted by Crippen LogP contribution is -2.27. The molecule has 1 aliphatic heterocycles. The van der Waals surface area contributed by atoms with E-state index in [-0.39, 0.29) is 11.5 Å². The predicted molar refractivity (Wildman–Crippen MR) is 62.2 cm³/mol. The van der Waals surface area contributed by atoms with Crippen LogP contribution in [-0.2, 0) is 4.79 Å². The predicted octanol–water partition coefficient (Wildman–Crippen LogP) is 3.37. The van der Waals surface area contributed by atoms with Crippen molar-refractivity contribution in [1.29, 1.82) is 0 Å². The first-order valence-corrected chi connectivity index (χ1v) is 5.72. The van der Waals surface area contributed by atoms with Gasteiger partial charge in [0.2, 0.25) is 0 Å². The molecule has 1 heterocycles.